The molecule has 1 atom stereocenters. The molecule has 0 saturated heterocycles. The van der Waals surface area contributed by atoms with E-state index in [0.717, 1.165) is 0 Å². The summed E-state index contributed by atoms with van der Waals surface area (Å²) >= 11 is 0. The number of sulfone groups is 1. The Morgan fingerprint density at radius 3 is 2.29 bits per heavy atom. The van der Waals surface area contributed by atoms with Gasteiger partial charge in [-0.2, -0.15) is 0 Å². The molecule has 1 N–H and O–H groups in total. The Hall–Kier alpha value is -1.13. The van der Waals surface area contributed by atoms with Gasteiger partial charge in [0, 0.05) is 0 Å². The zero-order valence-electron chi connectivity index (χ0n) is 7.84. The summed E-state index contributed by atoms with van der Waals surface area (Å²) in [6, 6.07) is 7.93. The fraction of sp³-hybridized carbons (Fsp3) is 0.200. The lowest BCUT2D eigenvalue weighted by molar-refractivity contribution is 0.239. The van der Waals surface area contributed by atoms with Crippen LogP contribution in [0.15, 0.2) is 46.7 Å². The van der Waals surface area contributed by atoms with Gasteiger partial charge < -0.3 is 5.11 Å². The topological polar surface area (TPSA) is 54.4 Å². The van der Waals surface area contributed by atoms with Gasteiger partial charge in [-0.15, -0.1) is 0 Å². The van der Waals surface area contributed by atoms with Crippen molar-refractivity contribution in [3.8, 4) is 0 Å². The highest BCUT2D eigenvalue weighted by Crippen LogP contribution is 2.19. The lowest BCUT2D eigenvalue weighted by atomic mass is 10.4. The molecule has 0 aliphatic carbocycles. The molecule has 0 aliphatic rings. The fourth-order valence-electron chi connectivity index (χ4n) is 0.976. The van der Waals surface area contributed by atoms with Gasteiger partial charge >= 0.3 is 0 Å². The third-order valence-corrected chi connectivity index (χ3v) is 3.79. The Morgan fingerprint density at radius 2 is 1.86 bits per heavy atom. The van der Waals surface area contributed by atoms with E-state index in [4.69, 9.17) is 5.11 Å². The molecule has 0 fully saturated rings. The second kappa shape index (κ2) is 3.94. The van der Waals surface area contributed by atoms with E-state index in [0.29, 0.717) is 0 Å². The smallest absolute Gasteiger partial charge is 0.204 e. The van der Waals surface area contributed by atoms with Crippen molar-refractivity contribution < 1.29 is 13.5 Å². The summed E-state index contributed by atoms with van der Waals surface area (Å²) in [7, 11) is -3.58. The predicted octanol–water partition coefficient (Wildman–Crippen LogP) is 1.35. The summed E-state index contributed by atoms with van der Waals surface area (Å²) < 4.78 is 23.4. The molecule has 14 heavy (non-hydrogen) atoms. The van der Waals surface area contributed by atoms with Crippen LogP contribution in [0, 0.1) is 0 Å². The minimum atomic E-state index is -3.58. The van der Waals surface area contributed by atoms with Crippen molar-refractivity contribution in [2.45, 2.75) is 17.9 Å². The molecule has 0 aromatic heterocycles. The van der Waals surface area contributed by atoms with E-state index in [9.17, 15) is 8.42 Å². The maximum absolute atomic E-state index is 11.7. The fourth-order valence-corrected chi connectivity index (χ4v) is 2.24. The van der Waals surface area contributed by atoms with Crippen molar-refractivity contribution >= 4 is 9.84 Å². The van der Waals surface area contributed by atoms with Crippen molar-refractivity contribution in [2.75, 3.05) is 0 Å². The largest absolute Gasteiger partial charge is 0.388 e. The molecule has 4 heteroatoms. The van der Waals surface area contributed by atoms with Crippen molar-refractivity contribution in [3.05, 3.63) is 41.8 Å². The maximum atomic E-state index is 11.7. The van der Waals surface area contributed by atoms with Crippen LogP contribution in [0.3, 0.4) is 0 Å². The zero-order chi connectivity index (χ0) is 10.8. The highest BCUT2D eigenvalue weighted by Gasteiger charge is 2.21. The Bertz CT molecular complexity index is 418. The number of rotatable bonds is 3. The van der Waals surface area contributed by atoms with Crippen LogP contribution in [-0.2, 0) is 9.84 Å². The zero-order valence-corrected chi connectivity index (χ0v) is 8.66. The first-order valence-electron chi connectivity index (χ1n) is 4.13. The summed E-state index contributed by atoms with van der Waals surface area (Å²) in [6.45, 7) is 4.74. The number of aliphatic hydroxyl groups is 1. The van der Waals surface area contributed by atoms with E-state index >= 15 is 0 Å². The van der Waals surface area contributed by atoms with Gasteiger partial charge in [0.1, 0.15) is 0 Å². The highest BCUT2D eigenvalue weighted by atomic mass is 32.2. The first kappa shape index (κ1) is 10.9. The molecule has 76 valence electrons. The van der Waals surface area contributed by atoms with Gasteiger partial charge in [0.05, 0.1) is 15.9 Å². The van der Waals surface area contributed by atoms with Gasteiger partial charge in [-0.3, -0.25) is 0 Å². The van der Waals surface area contributed by atoms with Gasteiger partial charge in [-0.25, -0.2) is 8.42 Å². The van der Waals surface area contributed by atoms with Crippen molar-refractivity contribution in [1.82, 2.24) is 0 Å². The quantitative estimate of drug-likeness (QED) is 0.823. The third kappa shape index (κ3) is 2.02. The van der Waals surface area contributed by atoms with Crippen LogP contribution in [0.4, 0.5) is 0 Å². The van der Waals surface area contributed by atoms with Gasteiger partial charge in [0.25, 0.3) is 0 Å². The lowest BCUT2D eigenvalue weighted by Crippen LogP contribution is -2.14. The molecule has 0 spiro atoms. The monoisotopic (exact) mass is 212 g/mol. The highest BCUT2D eigenvalue weighted by molar-refractivity contribution is 7.95. The molecule has 0 bridgehead atoms. The van der Waals surface area contributed by atoms with E-state index in [1.54, 1.807) is 18.2 Å². The summed E-state index contributed by atoms with van der Waals surface area (Å²) in [5, 5.41) is 9.14. The molecule has 0 radical (unpaired) electrons. The second-order valence-corrected chi connectivity index (χ2v) is 4.96. The third-order valence-electron chi connectivity index (χ3n) is 1.86. The SMILES string of the molecule is C=C(C(C)O)S(=O)(=O)c1ccccc1. The summed E-state index contributed by atoms with van der Waals surface area (Å²) in [5.74, 6) is 0. The molecule has 1 unspecified atom stereocenters. The molecule has 0 saturated carbocycles. The summed E-state index contributed by atoms with van der Waals surface area (Å²) in [5.41, 5.74) is 0. The summed E-state index contributed by atoms with van der Waals surface area (Å²) in [4.78, 5) is -0.0189. The molecule has 0 aliphatic heterocycles. The van der Waals surface area contributed by atoms with Crippen LogP contribution in [0.2, 0.25) is 0 Å². The molecule has 1 aromatic rings. The molecule has 0 amide bonds. The number of hydrogen-bond donors (Lipinski definition) is 1. The normalized spacial score (nSPS) is 13.6. The van der Waals surface area contributed by atoms with Crippen molar-refractivity contribution in [3.63, 3.8) is 0 Å². The van der Waals surface area contributed by atoms with E-state index in [-0.39, 0.29) is 9.80 Å². The van der Waals surface area contributed by atoms with Crippen LogP contribution in [0.1, 0.15) is 6.92 Å². The average molecular weight is 212 g/mol. The van der Waals surface area contributed by atoms with Crippen molar-refractivity contribution in [2.24, 2.45) is 0 Å². The average Bonchev–Trinajstić information content (AvgIpc) is 2.18. The first-order chi connectivity index (χ1) is 6.46. The maximum Gasteiger partial charge on any atom is 0.204 e. The Labute approximate surface area is 83.6 Å². The van der Waals surface area contributed by atoms with Gasteiger partial charge in [0.2, 0.25) is 9.84 Å². The van der Waals surface area contributed by atoms with Gasteiger partial charge in [-0.1, -0.05) is 24.8 Å². The van der Waals surface area contributed by atoms with E-state index in [1.165, 1.54) is 19.1 Å². The standard InChI is InChI=1S/C10H12O3S/c1-8(11)9(2)14(12,13)10-6-4-3-5-7-10/h3-8,11H,2H2,1H3. The molecular weight excluding hydrogens is 200 g/mol. The molecule has 1 rings (SSSR count). The van der Waals surface area contributed by atoms with Crippen LogP contribution in [0.25, 0.3) is 0 Å². The number of benzene rings is 1. The van der Waals surface area contributed by atoms with Crippen LogP contribution >= 0.6 is 0 Å². The van der Waals surface area contributed by atoms with Crippen LogP contribution in [0.5, 0.6) is 0 Å². The van der Waals surface area contributed by atoms with Crippen molar-refractivity contribution in [1.29, 1.82) is 0 Å². The molecule has 3 nitrogen and oxygen atoms in total. The van der Waals surface area contributed by atoms with Gasteiger partial charge in [0.15, 0.2) is 0 Å². The van der Waals surface area contributed by atoms with E-state index in [1.807, 2.05) is 0 Å². The minimum absolute atomic E-state index is 0.158. The Kier molecular flexibility index (Phi) is 3.08. The molecule has 0 heterocycles. The summed E-state index contributed by atoms with van der Waals surface area (Å²) in [6.07, 6.45) is -1.06. The lowest BCUT2D eigenvalue weighted by Gasteiger charge is -2.09. The minimum Gasteiger partial charge on any atom is -0.388 e. The number of hydrogen-bond acceptors (Lipinski definition) is 3. The first-order valence-corrected chi connectivity index (χ1v) is 5.61. The predicted molar refractivity (Wildman–Crippen MR) is 54.4 cm³/mol. The Morgan fingerprint density at radius 1 is 1.36 bits per heavy atom. The van der Waals surface area contributed by atoms with Gasteiger partial charge in [-0.05, 0) is 19.1 Å². The van der Waals surface area contributed by atoms with E-state index in [2.05, 4.69) is 6.58 Å². The second-order valence-electron chi connectivity index (χ2n) is 2.96. The molecule has 1 aromatic carbocycles. The molecular formula is C10H12O3S. The van der Waals surface area contributed by atoms with Crippen LogP contribution < -0.4 is 0 Å². The van der Waals surface area contributed by atoms with Crippen LogP contribution in [-0.4, -0.2) is 19.6 Å². The van der Waals surface area contributed by atoms with E-state index < -0.39 is 15.9 Å². The number of aliphatic hydroxyl groups excluding tert-OH is 1. The Balaban J connectivity index is 3.17.